The Hall–Kier alpha value is -0.120. The van der Waals surface area contributed by atoms with Crippen molar-refractivity contribution < 1.29 is 14.2 Å². The lowest BCUT2D eigenvalue weighted by Crippen LogP contribution is -2.24. The first-order valence-electron chi connectivity index (χ1n) is 17.0. The van der Waals surface area contributed by atoms with Crippen LogP contribution in [-0.4, -0.2) is 38.6 Å². The van der Waals surface area contributed by atoms with Gasteiger partial charge in [-0.1, -0.05) is 155 Å². The zero-order valence-corrected chi connectivity index (χ0v) is 26.2. The number of hydrogen-bond acceptors (Lipinski definition) is 3. The molecule has 0 bridgehead atoms. The van der Waals surface area contributed by atoms with Crippen LogP contribution in [-0.2, 0) is 14.2 Å². The number of rotatable bonds is 32. The van der Waals surface area contributed by atoms with E-state index in [0.29, 0.717) is 13.2 Å². The van der Waals surface area contributed by atoms with Gasteiger partial charge in [-0.3, -0.25) is 0 Å². The lowest BCUT2D eigenvalue weighted by atomic mass is 10.1. The summed E-state index contributed by atoms with van der Waals surface area (Å²) in [6, 6.07) is 0. The van der Waals surface area contributed by atoms with Gasteiger partial charge in [-0.15, -0.1) is 0 Å². The zero-order valence-electron chi connectivity index (χ0n) is 26.2. The van der Waals surface area contributed by atoms with Crippen LogP contribution in [0, 0.1) is 0 Å². The first-order chi connectivity index (χ1) is 18.2. The summed E-state index contributed by atoms with van der Waals surface area (Å²) in [6.07, 6.45) is 33.5. The number of unbranched alkanes of at least 4 members (excludes halogenated alkanes) is 22. The normalized spacial score (nSPS) is 13.3. The van der Waals surface area contributed by atoms with Gasteiger partial charge in [0.2, 0.25) is 0 Å². The third kappa shape index (κ3) is 32.0. The van der Waals surface area contributed by atoms with Gasteiger partial charge < -0.3 is 14.2 Å². The molecule has 0 fully saturated rings. The molecule has 0 amide bonds. The van der Waals surface area contributed by atoms with Crippen molar-refractivity contribution in [1.29, 1.82) is 0 Å². The molecule has 0 aliphatic carbocycles. The summed E-state index contributed by atoms with van der Waals surface area (Å²) in [5.74, 6) is 0. The maximum atomic E-state index is 5.95. The van der Waals surface area contributed by atoms with Crippen molar-refractivity contribution in [2.24, 2.45) is 0 Å². The third-order valence-electron chi connectivity index (χ3n) is 7.51. The van der Waals surface area contributed by atoms with Crippen LogP contribution in [0.2, 0.25) is 0 Å². The van der Waals surface area contributed by atoms with Crippen molar-refractivity contribution in [3.05, 3.63) is 0 Å². The Balaban J connectivity index is 3.26. The standard InChI is InChI=1S/C34H70O3/c1-5-7-9-11-13-15-17-19-21-23-25-27-29-35-31-33(3)37-32-34(4)36-30-28-26-24-22-20-18-16-14-12-10-8-6-2/h33-34H,5-32H2,1-4H3. The molecule has 0 heterocycles. The third-order valence-corrected chi connectivity index (χ3v) is 7.51. The van der Waals surface area contributed by atoms with Crippen LogP contribution in [0.25, 0.3) is 0 Å². The van der Waals surface area contributed by atoms with Gasteiger partial charge in [0.05, 0.1) is 25.4 Å². The molecule has 2 unspecified atom stereocenters. The highest BCUT2D eigenvalue weighted by atomic mass is 16.6. The van der Waals surface area contributed by atoms with Crippen molar-refractivity contribution in [1.82, 2.24) is 0 Å². The minimum atomic E-state index is 0.148. The minimum Gasteiger partial charge on any atom is -0.379 e. The van der Waals surface area contributed by atoms with Crippen molar-refractivity contribution in [3.8, 4) is 0 Å². The zero-order chi connectivity index (χ0) is 27.1. The topological polar surface area (TPSA) is 27.7 Å². The van der Waals surface area contributed by atoms with Gasteiger partial charge in [0.1, 0.15) is 0 Å². The number of ether oxygens (including phenoxy) is 3. The fourth-order valence-electron chi connectivity index (χ4n) is 4.92. The molecular weight excluding hydrogens is 456 g/mol. The molecular formula is C34H70O3. The van der Waals surface area contributed by atoms with E-state index in [9.17, 15) is 0 Å². The van der Waals surface area contributed by atoms with Crippen LogP contribution in [0.3, 0.4) is 0 Å². The predicted octanol–water partition coefficient (Wildman–Crippen LogP) is 11.2. The van der Waals surface area contributed by atoms with E-state index < -0.39 is 0 Å². The fourth-order valence-corrected chi connectivity index (χ4v) is 4.92. The maximum absolute atomic E-state index is 5.95. The molecule has 0 radical (unpaired) electrons. The summed E-state index contributed by atoms with van der Waals surface area (Å²) in [6.45, 7) is 11.9. The summed E-state index contributed by atoms with van der Waals surface area (Å²) < 4.78 is 17.7. The van der Waals surface area contributed by atoms with E-state index in [1.807, 2.05) is 0 Å². The summed E-state index contributed by atoms with van der Waals surface area (Å²) in [5, 5.41) is 0. The average molecular weight is 527 g/mol. The largest absolute Gasteiger partial charge is 0.379 e. The second-order valence-electron chi connectivity index (χ2n) is 11.7. The molecule has 0 saturated carbocycles. The van der Waals surface area contributed by atoms with Crippen molar-refractivity contribution in [2.45, 2.75) is 194 Å². The van der Waals surface area contributed by atoms with E-state index in [1.54, 1.807) is 0 Å². The predicted molar refractivity (Wildman–Crippen MR) is 164 cm³/mol. The molecule has 0 N–H and O–H groups in total. The molecule has 0 rings (SSSR count). The van der Waals surface area contributed by atoms with Gasteiger partial charge in [0.25, 0.3) is 0 Å². The van der Waals surface area contributed by atoms with Gasteiger partial charge in [0.15, 0.2) is 0 Å². The van der Waals surface area contributed by atoms with Gasteiger partial charge >= 0.3 is 0 Å². The van der Waals surface area contributed by atoms with Crippen LogP contribution in [0.15, 0.2) is 0 Å². The highest BCUT2D eigenvalue weighted by molar-refractivity contribution is 4.54. The smallest absolute Gasteiger partial charge is 0.0781 e. The molecule has 0 aromatic rings. The van der Waals surface area contributed by atoms with Crippen LogP contribution >= 0.6 is 0 Å². The Morgan fingerprint density at radius 1 is 0.351 bits per heavy atom. The SMILES string of the molecule is CCCCCCCCCCCCCCOCC(C)OCC(C)OCCCCCCCCCCCCCC. The maximum Gasteiger partial charge on any atom is 0.0781 e. The summed E-state index contributed by atoms with van der Waals surface area (Å²) >= 11 is 0. The average Bonchev–Trinajstić information content (AvgIpc) is 2.90. The Labute approximate surface area is 234 Å². The highest BCUT2D eigenvalue weighted by Crippen LogP contribution is 2.13. The Kier molecular flexibility index (Phi) is 32.0. The Bertz CT molecular complexity index is 401. The molecule has 0 aliphatic rings. The summed E-state index contributed by atoms with van der Waals surface area (Å²) in [7, 11) is 0. The molecule has 0 aromatic heterocycles. The number of hydrogen-bond donors (Lipinski definition) is 0. The van der Waals surface area contributed by atoms with E-state index in [4.69, 9.17) is 14.2 Å². The Morgan fingerprint density at radius 3 is 1.08 bits per heavy atom. The van der Waals surface area contributed by atoms with Gasteiger partial charge in [0, 0.05) is 13.2 Å². The quantitative estimate of drug-likeness (QED) is 0.0816. The second-order valence-corrected chi connectivity index (χ2v) is 11.7. The van der Waals surface area contributed by atoms with Crippen LogP contribution in [0.1, 0.15) is 182 Å². The van der Waals surface area contributed by atoms with E-state index in [-0.39, 0.29) is 12.2 Å². The lowest BCUT2D eigenvalue weighted by molar-refractivity contribution is -0.0577. The summed E-state index contributed by atoms with van der Waals surface area (Å²) in [5.41, 5.74) is 0. The van der Waals surface area contributed by atoms with Gasteiger partial charge in [-0.2, -0.15) is 0 Å². The van der Waals surface area contributed by atoms with Gasteiger partial charge in [-0.05, 0) is 26.7 Å². The first kappa shape index (κ1) is 36.9. The molecule has 2 atom stereocenters. The van der Waals surface area contributed by atoms with Crippen molar-refractivity contribution in [3.63, 3.8) is 0 Å². The highest BCUT2D eigenvalue weighted by Gasteiger charge is 2.07. The minimum absolute atomic E-state index is 0.148. The Morgan fingerprint density at radius 2 is 0.676 bits per heavy atom. The summed E-state index contributed by atoms with van der Waals surface area (Å²) in [4.78, 5) is 0. The van der Waals surface area contributed by atoms with Crippen molar-refractivity contribution >= 4 is 0 Å². The monoisotopic (exact) mass is 527 g/mol. The molecule has 0 saturated heterocycles. The molecule has 224 valence electrons. The van der Waals surface area contributed by atoms with Crippen molar-refractivity contribution in [2.75, 3.05) is 26.4 Å². The lowest BCUT2D eigenvalue weighted by Gasteiger charge is -2.18. The molecule has 0 aromatic carbocycles. The van der Waals surface area contributed by atoms with Crippen LogP contribution in [0.5, 0.6) is 0 Å². The fraction of sp³-hybridized carbons (Fsp3) is 1.00. The molecule has 0 spiro atoms. The molecule has 0 aliphatic heterocycles. The molecule has 3 nitrogen and oxygen atoms in total. The van der Waals surface area contributed by atoms with E-state index in [1.165, 1.54) is 154 Å². The van der Waals surface area contributed by atoms with Gasteiger partial charge in [-0.25, -0.2) is 0 Å². The van der Waals surface area contributed by atoms with E-state index in [2.05, 4.69) is 27.7 Å². The van der Waals surface area contributed by atoms with Crippen LogP contribution in [0.4, 0.5) is 0 Å². The van der Waals surface area contributed by atoms with E-state index >= 15 is 0 Å². The van der Waals surface area contributed by atoms with Crippen LogP contribution < -0.4 is 0 Å². The first-order valence-corrected chi connectivity index (χ1v) is 17.0. The van der Waals surface area contributed by atoms with E-state index in [0.717, 1.165) is 13.2 Å². The second kappa shape index (κ2) is 32.1. The molecule has 3 heteroatoms. The molecule has 37 heavy (non-hydrogen) atoms.